The molecule has 1 amide bonds. The lowest BCUT2D eigenvalue weighted by Crippen LogP contribution is -2.25. The third kappa shape index (κ3) is 3.62. The first-order valence-corrected chi connectivity index (χ1v) is 9.10. The molecule has 0 saturated carbocycles. The van der Waals surface area contributed by atoms with E-state index in [0.717, 1.165) is 0 Å². The van der Waals surface area contributed by atoms with Crippen LogP contribution in [0.5, 0.6) is 17.2 Å². The van der Waals surface area contributed by atoms with Crippen LogP contribution < -0.4 is 14.2 Å². The van der Waals surface area contributed by atoms with Crippen LogP contribution in [0.25, 0.3) is 0 Å². The van der Waals surface area contributed by atoms with Gasteiger partial charge in [0.05, 0.1) is 19.8 Å². The van der Waals surface area contributed by atoms with Crippen molar-refractivity contribution in [2.75, 3.05) is 19.8 Å². The van der Waals surface area contributed by atoms with Gasteiger partial charge in [0.2, 0.25) is 5.75 Å². The minimum absolute atomic E-state index is 0.0360. The number of rotatable bonds is 7. The van der Waals surface area contributed by atoms with Crippen molar-refractivity contribution in [2.24, 2.45) is 0 Å². The number of hydrogen-bond donors (Lipinski definition) is 0. The number of carbonyl (C=O) groups excluding carboxylic acids is 1. The minimum atomic E-state index is -0.0360. The van der Waals surface area contributed by atoms with Gasteiger partial charge in [0.25, 0.3) is 5.91 Å². The van der Waals surface area contributed by atoms with Crippen LogP contribution >= 0.6 is 0 Å². The number of ether oxygens (including phenoxy) is 3. The molecule has 26 heavy (non-hydrogen) atoms. The molecule has 5 nitrogen and oxygen atoms in total. The Balaban J connectivity index is 1.92. The molecule has 0 fully saturated rings. The highest BCUT2D eigenvalue weighted by atomic mass is 16.5. The fourth-order valence-corrected chi connectivity index (χ4v) is 3.17. The van der Waals surface area contributed by atoms with E-state index in [1.165, 1.54) is 11.1 Å². The molecule has 0 atom stereocenters. The maximum Gasteiger partial charge on any atom is 0.254 e. The van der Waals surface area contributed by atoms with Crippen LogP contribution in [0.15, 0.2) is 36.4 Å². The zero-order valence-electron chi connectivity index (χ0n) is 15.6. The van der Waals surface area contributed by atoms with E-state index in [1.54, 1.807) is 12.1 Å². The molecule has 1 heterocycles. The number of amides is 1. The van der Waals surface area contributed by atoms with Gasteiger partial charge in [-0.25, -0.2) is 0 Å². The molecule has 138 valence electrons. The summed E-state index contributed by atoms with van der Waals surface area (Å²) in [5.74, 6) is 1.60. The molecule has 0 aliphatic carbocycles. The quantitative estimate of drug-likeness (QED) is 0.752. The standard InChI is InChI=1S/C21H25NO4/c1-4-24-18-11-17(12-19(25-5-2)20(18)26-6-3)21(23)22-13-15-9-7-8-10-16(15)14-22/h7-12H,4-6,13-14H2,1-3H3. The van der Waals surface area contributed by atoms with Crippen molar-refractivity contribution in [2.45, 2.75) is 33.9 Å². The normalized spacial score (nSPS) is 12.7. The first kappa shape index (κ1) is 18.1. The summed E-state index contributed by atoms with van der Waals surface area (Å²) in [6, 6.07) is 11.6. The van der Waals surface area contributed by atoms with Crippen molar-refractivity contribution in [3.8, 4) is 17.2 Å². The van der Waals surface area contributed by atoms with E-state index < -0.39 is 0 Å². The van der Waals surface area contributed by atoms with Crippen LogP contribution in [-0.2, 0) is 13.1 Å². The molecule has 2 aromatic carbocycles. The van der Waals surface area contributed by atoms with Crippen LogP contribution in [0.2, 0.25) is 0 Å². The van der Waals surface area contributed by atoms with Gasteiger partial charge in [-0.15, -0.1) is 0 Å². The van der Waals surface area contributed by atoms with E-state index in [9.17, 15) is 4.79 Å². The van der Waals surface area contributed by atoms with Gasteiger partial charge in [-0.05, 0) is 44.0 Å². The Morgan fingerprint density at radius 3 is 1.85 bits per heavy atom. The second-order valence-electron chi connectivity index (χ2n) is 6.03. The number of fused-ring (bicyclic) bond motifs is 1. The van der Waals surface area contributed by atoms with Crippen molar-refractivity contribution in [1.82, 2.24) is 4.90 Å². The zero-order valence-corrected chi connectivity index (χ0v) is 15.6. The van der Waals surface area contributed by atoms with E-state index in [-0.39, 0.29) is 5.91 Å². The highest BCUT2D eigenvalue weighted by molar-refractivity contribution is 5.96. The highest BCUT2D eigenvalue weighted by Gasteiger charge is 2.26. The predicted octanol–water partition coefficient (Wildman–Crippen LogP) is 4.04. The summed E-state index contributed by atoms with van der Waals surface area (Å²) in [4.78, 5) is 14.9. The molecule has 5 heteroatoms. The third-order valence-electron chi connectivity index (χ3n) is 4.28. The molecule has 0 aromatic heterocycles. The minimum Gasteiger partial charge on any atom is -0.490 e. The van der Waals surface area contributed by atoms with Gasteiger partial charge in [0.1, 0.15) is 0 Å². The number of benzene rings is 2. The molecule has 0 spiro atoms. The Morgan fingerprint density at radius 2 is 1.38 bits per heavy atom. The molecule has 0 unspecified atom stereocenters. The predicted molar refractivity (Wildman–Crippen MR) is 100.0 cm³/mol. The molecule has 1 aliphatic heterocycles. The summed E-state index contributed by atoms with van der Waals surface area (Å²) < 4.78 is 17.1. The van der Waals surface area contributed by atoms with Crippen molar-refractivity contribution in [1.29, 1.82) is 0 Å². The fourth-order valence-electron chi connectivity index (χ4n) is 3.17. The zero-order chi connectivity index (χ0) is 18.5. The van der Waals surface area contributed by atoms with Crippen LogP contribution in [0, 0.1) is 0 Å². The van der Waals surface area contributed by atoms with E-state index in [2.05, 4.69) is 12.1 Å². The summed E-state index contributed by atoms with van der Waals surface area (Å²) in [7, 11) is 0. The first-order chi connectivity index (χ1) is 12.7. The second-order valence-corrected chi connectivity index (χ2v) is 6.03. The topological polar surface area (TPSA) is 48.0 Å². The van der Waals surface area contributed by atoms with Gasteiger partial charge in [-0.1, -0.05) is 24.3 Å². The fraction of sp³-hybridized carbons (Fsp3) is 0.381. The first-order valence-electron chi connectivity index (χ1n) is 9.10. The average molecular weight is 355 g/mol. The lowest BCUT2D eigenvalue weighted by Gasteiger charge is -2.20. The molecule has 0 bridgehead atoms. The van der Waals surface area contributed by atoms with Crippen molar-refractivity contribution >= 4 is 5.91 Å². The summed E-state index contributed by atoms with van der Waals surface area (Å²) in [6.07, 6.45) is 0. The van der Waals surface area contributed by atoms with Gasteiger partial charge in [-0.2, -0.15) is 0 Å². The van der Waals surface area contributed by atoms with Gasteiger partial charge in [-0.3, -0.25) is 4.79 Å². The number of hydrogen-bond acceptors (Lipinski definition) is 4. The lowest BCUT2D eigenvalue weighted by atomic mass is 10.1. The summed E-state index contributed by atoms with van der Waals surface area (Å²) in [5.41, 5.74) is 2.94. The van der Waals surface area contributed by atoms with Crippen LogP contribution in [-0.4, -0.2) is 30.6 Å². The Bertz CT molecular complexity index is 735. The second kappa shape index (κ2) is 8.13. The maximum absolute atomic E-state index is 13.1. The van der Waals surface area contributed by atoms with E-state index in [4.69, 9.17) is 14.2 Å². The van der Waals surface area contributed by atoms with Crippen LogP contribution in [0.3, 0.4) is 0 Å². The van der Waals surface area contributed by atoms with Gasteiger partial charge in [0.15, 0.2) is 11.5 Å². The average Bonchev–Trinajstić information content (AvgIpc) is 3.08. The SMILES string of the molecule is CCOc1cc(C(=O)N2Cc3ccccc3C2)cc(OCC)c1OCC. The Kier molecular flexibility index (Phi) is 5.66. The largest absolute Gasteiger partial charge is 0.490 e. The van der Waals surface area contributed by atoms with Gasteiger partial charge in [0, 0.05) is 18.7 Å². The van der Waals surface area contributed by atoms with Crippen molar-refractivity contribution in [3.63, 3.8) is 0 Å². The smallest absolute Gasteiger partial charge is 0.254 e. The highest BCUT2D eigenvalue weighted by Crippen LogP contribution is 2.40. The summed E-state index contributed by atoms with van der Waals surface area (Å²) >= 11 is 0. The molecule has 1 aliphatic rings. The Morgan fingerprint density at radius 1 is 0.885 bits per heavy atom. The van der Waals surface area contributed by atoms with E-state index in [0.29, 0.717) is 55.7 Å². The van der Waals surface area contributed by atoms with Crippen LogP contribution in [0.4, 0.5) is 0 Å². The summed E-state index contributed by atoms with van der Waals surface area (Å²) in [6.45, 7) is 8.42. The molecule has 2 aromatic rings. The Hall–Kier alpha value is -2.69. The number of carbonyl (C=O) groups is 1. The summed E-state index contributed by atoms with van der Waals surface area (Å²) in [5, 5.41) is 0. The third-order valence-corrected chi connectivity index (χ3v) is 4.28. The van der Waals surface area contributed by atoms with Crippen molar-refractivity contribution < 1.29 is 19.0 Å². The molecular formula is C21H25NO4. The maximum atomic E-state index is 13.1. The van der Waals surface area contributed by atoms with Crippen molar-refractivity contribution in [3.05, 3.63) is 53.1 Å². The van der Waals surface area contributed by atoms with E-state index >= 15 is 0 Å². The van der Waals surface area contributed by atoms with E-state index in [1.807, 2.05) is 37.8 Å². The molecule has 0 N–H and O–H groups in total. The number of nitrogens with zero attached hydrogens (tertiary/aromatic N) is 1. The Labute approximate surface area is 154 Å². The molecule has 0 saturated heterocycles. The lowest BCUT2D eigenvalue weighted by molar-refractivity contribution is 0.0750. The van der Waals surface area contributed by atoms with Gasteiger partial charge >= 0.3 is 0 Å². The van der Waals surface area contributed by atoms with Crippen LogP contribution in [0.1, 0.15) is 42.3 Å². The van der Waals surface area contributed by atoms with Gasteiger partial charge < -0.3 is 19.1 Å². The monoisotopic (exact) mass is 355 g/mol. The molecule has 3 rings (SSSR count). The molecule has 0 radical (unpaired) electrons. The molecular weight excluding hydrogens is 330 g/mol.